The number of nitrogens with one attached hydrogen (secondary N) is 1. The van der Waals surface area contributed by atoms with E-state index in [1.165, 1.54) is 0 Å². The Morgan fingerprint density at radius 1 is 1.18 bits per heavy atom. The van der Waals surface area contributed by atoms with Gasteiger partial charge < -0.3 is 18.4 Å². The summed E-state index contributed by atoms with van der Waals surface area (Å²) in [6.45, 7) is 4.82. The molecular formula is C11H27NO4Si. The lowest BCUT2D eigenvalue weighted by Gasteiger charge is -2.25. The van der Waals surface area contributed by atoms with E-state index in [1.54, 1.807) is 21.3 Å². The molecular weight excluding hydrogens is 238 g/mol. The van der Waals surface area contributed by atoms with Crippen molar-refractivity contribution in [1.82, 2.24) is 5.32 Å². The molecule has 0 aliphatic carbocycles. The highest BCUT2D eigenvalue weighted by atomic mass is 28.4. The van der Waals surface area contributed by atoms with Gasteiger partial charge >= 0.3 is 8.80 Å². The zero-order valence-electron chi connectivity index (χ0n) is 11.7. The van der Waals surface area contributed by atoms with Crippen molar-refractivity contribution in [2.75, 3.05) is 27.9 Å². The van der Waals surface area contributed by atoms with E-state index in [9.17, 15) is 5.11 Å². The van der Waals surface area contributed by atoms with Crippen molar-refractivity contribution < 1.29 is 18.4 Å². The van der Waals surface area contributed by atoms with Gasteiger partial charge in [-0.1, -0.05) is 13.8 Å². The SMILES string of the molecule is CCC(C)C(O)NCCC[Si](OC)(OC)OC. The van der Waals surface area contributed by atoms with Crippen molar-refractivity contribution in [3.05, 3.63) is 0 Å². The fourth-order valence-corrected chi connectivity index (χ4v) is 3.26. The minimum Gasteiger partial charge on any atom is -0.378 e. The molecule has 0 aromatic heterocycles. The van der Waals surface area contributed by atoms with Gasteiger partial charge in [-0.3, -0.25) is 5.32 Å². The fourth-order valence-electron chi connectivity index (χ4n) is 1.54. The second-order valence-electron chi connectivity index (χ2n) is 4.18. The summed E-state index contributed by atoms with van der Waals surface area (Å²) in [5.74, 6) is 0.268. The number of hydrogen-bond donors (Lipinski definition) is 2. The number of hydrogen-bond acceptors (Lipinski definition) is 5. The van der Waals surface area contributed by atoms with E-state index < -0.39 is 15.0 Å². The van der Waals surface area contributed by atoms with Crippen molar-refractivity contribution in [1.29, 1.82) is 0 Å². The van der Waals surface area contributed by atoms with E-state index in [4.69, 9.17) is 13.3 Å². The smallest absolute Gasteiger partial charge is 0.378 e. The molecule has 0 aromatic carbocycles. The zero-order valence-corrected chi connectivity index (χ0v) is 12.7. The average molecular weight is 265 g/mol. The van der Waals surface area contributed by atoms with Gasteiger partial charge in [0.25, 0.3) is 0 Å². The van der Waals surface area contributed by atoms with Crippen molar-refractivity contribution in [2.45, 2.75) is 39.0 Å². The average Bonchev–Trinajstić information content (AvgIpc) is 2.38. The molecule has 2 atom stereocenters. The highest BCUT2D eigenvalue weighted by molar-refractivity contribution is 6.60. The summed E-state index contributed by atoms with van der Waals surface area (Å²) in [6, 6.07) is 0.747. The van der Waals surface area contributed by atoms with Crippen molar-refractivity contribution in [3.63, 3.8) is 0 Å². The molecule has 0 aliphatic heterocycles. The first-order chi connectivity index (χ1) is 8.05. The quantitative estimate of drug-likeness (QED) is 0.353. The molecule has 2 N–H and O–H groups in total. The molecule has 104 valence electrons. The monoisotopic (exact) mass is 265 g/mol. The first-order valence-electron chi connectivity index (χ1n) is 6.12. The van der Waals surface area contributed by atoms with E-state index in [1.807, 2.05) is 6.92 Å². The summed E-state index contributed by atoms with van der Waals surface area (Å²) in [6.07, 6.45) is 1.37. The number of aliphatic hydroxyl groups is 1. The van der Waals surface area contributed by atoms with Crippen molar-refractivity contribution >= 4 is 8.80 Å². The Hall–Kier alpha value is 0.0169. The summed E-state index contributed by atoms with van der Waals surface area (Å²) >= 11 is 0. The van der Waals surface area contributed by atoms with E-state index >= 15 is 0 Å². The Labute approximate surface area is 106 Å². The molecule has 0 saturated heterocycles. The third-order valence-electron chi connectivity index (χ3n) is 3.13. The minimum atomic E-state index is -2.45. The third-order valence-corrected chi connectivity index (χ3v) is 5.96. The second-order valence-corrected chi connectivity index (χ2v) is 7.27. The molecule has 0 aromatic rings. The van der Waals surface area contributed by atoms with Crippen molar-refractivity contribution in [3.8, 4) is 0 Å². The van der Waals surface area contributed by atoms with E-state index in [0.717, 1.165) is 25.4 Å². The molecule has 0 aliphatic rings. The summed E-state index contributed by atoms with van der Waals surface area (Å²) in [5.41, 5.74) is 0. The summed E-state index contributed by atoms with van der Waals surface area (Å²) in [4.78, 5) is 0. The standard InChI is InChI=1S/C11H27NO4Si/c1-6-10(2)11(13)12-8-7-9-17(14-3,15-4)16-5/h10-13H,6-9H2,1-5H3. The lowest BCUT2D eigenvalue weighted by molar-refractivity contribution is 0.0797. The van der Waals surface area contributed by atoms with Crippen LogP contribution >= 0.6 is 0 Å². The molecule has 0 bridgehead atoms. The fraction of sp³-hybridized carbons (Fsp3) is 1.00. The lowest BCUT2D eigenvalue weighted by Crippen LogP contribution is -2.43. The number of aliphatic hydroxyl groups excluding tert-OH is 1. The highest BCUT2D eigenvalue weighted by Crippen LogP contribution is 2.14. The molecule has 0 rings (SSSR count). The van der Waals surface area contributed by atoms with Gasteiger partial charge in [-0.05, 0) is 25.3 Å². The van der Waals surface area contributed by atoms with Gasteiger partial charge in [-0.15, -0.1) is 0 Å². The maximum atomic E-state index is 9.73. The first-order valence-corrected chi connectivity index (χ1v) is 8.05. The summed E-state index contributed by atoms with van der Waals surface area (Å²) in [7, 11) is 2.39. The first kappa shape index (κ1) is 17.0. The van der Waals surface area contributed by atoms with Crippen LogP contribution in [0.1, 0.15) is 26.7 Å². The molecule has 0 saturated carbocycles. The van der Waals surface area contributed by atoms with Gasteiger partial charge in [-0.25, -0.2) is 0 Å². The molecule has 6 heteroatoms. The van der Waals surface area contributed by atoms with Crippen molar-refractivity contribution in [2.24, 2.45) is 5.92 Å². The van der Waals surface area contributed by atoms with Crippen LogP contribution in [0.2, 0.25) is 6.04 Å². The van der Waals surface area contributed by atoms with Crippen LogP contribution in [0, 0.1) is 5.92 Å². The van der Waals surface area contributed by atoms with Crippen LogP contribution in [0.3, 0.4) is 0 Å². The van der Waals surface area contributed by atoms with Crippen LogP contribution in [0.4, 0.5) is 0 Å². The van der Waals surface area contributed by atoms with Crippen LogP contribution in [0.5, 0.6) is 0 Å². The Morgan fingerprint density at radius 2 is 1.71 bits per heavy atom. The molecule has 0 heterocycles. The number of rotatable bonds is 10. The molecule has 0 spiro atoms. The maximum Gasteiger partial charge on any atom is 0.500 e. The van der Waals surface area contributed by atoms with Crippen LogP contribution in [0.15, 0.2) is 0 Å². The predicted octanol–water partition coefficient (Wildman–Crippen LogP) is 1.21. The Bertz CT molecular complexity index is 182. The lowest BCUT2D eigenvalue weighted by atomic mass is 10.1. The Morgan fingerprint density at radius 3 is 2.12 bits per heavy atom. The molecule has 0 fully saturated rings. The van der Waals surface area contributed by atoms with E-state index in [-0.39, 0.29) is 5.92 Å². The van der Waals surface area contributed by atoms with Crippen LogP contribution in [-0.4, -0.2) is 48.0 Å². The maximum absolute atomic E-state index is 9.73. The molecule has 2 unspecified atom stereocenters. The second kappa shape index (κ2) is 9.01. The van der Waals surface area contributed by atoms with Gasteiger partial charge in [0.05, 0.1) is 0 Å². The molecule has 17 heavy (non-hydrogen) atoms. The Balaban J connectivity index is 3.83. The van der Waals surface area contributed by atoms with Crippen LogP contribution < -0.4 is 5.32 Å². The van der Waals surface area contributed by atoms with Gasteiger partial charge in [0.2, 0.25) is 0 Å². The molecule has 5 nitrogen and oxygen atoms in total. The molecule has 0 radical (unpaired) electrons. The van der Waals surface area contributed by atoms with Gasteiger partial charge in [-0.2, -0.15) is 0 Å². The zero-order chi connectivity index (χ0) is 13.3. The highest BCUT2D eigenvalue weighted by Gasteiger charge is 2.36. The minimum absolute atomic E-state index is 0.268. The van der Waals surface area contributed by atoms with Crippen LogP contribution in [-0.2, 0) is 13.3 Å². The summed E-state index contributed by atoms with van der Waals surface area (Å²) in [5, 5.41) is 12.8. The largest absolute Gasteiger partial charge is 0.500 e. The van der Waals surface area contributed by atoms with Gasteiger partial charge in [0.15, 0.2) is 0 Å². The normalized spacial score (nSPS) is 15.9. The van der Waals surface area contributed by atoms with Gasteiger partial charge in [0.1, 0.15) is 6.23 Å². The van der Waals surface area contributed by atoms with Crippen LogP contribution in [0.25, 0.3) is 0 Å². The topological polar surface area (TPSA) is 60.0 Å². The van der Waals surface area contributed by atoms with Gasteiger partial charge in [0, 0.05) is 27.4 Å². The predicted molar refractivity (Wildman–Crippen MR) is 69.7 cm³/mol. The summed E-state index contributed by atoms with van der Waals surface area (Å²) < 4.78 is 15.9. The molecule has 0 amide bonds. The van der Waals surface area contributed by atoms with E-state index in [2.05, 4.69) is 12.2 Å². The third kappa shape index (κ3) is 5.94. The van der Waals surface area contributed by atoms with E-state index in [0.29, 0.717) is 0 Å². The Kier molecular flexibility index (Phi) is 9.02.